The van der Waals surface area contributed by atoms with Crippen LogP contribution in [0.15, 0.2) is 54.6 Å². The number of hydrogen-bond donors (Lipinski definition) is 1. The predicted molar refractivity (Wildman–Crippen MR) is 102 cm³/mol. The molecule has 0 spiro atoms. The van der Waals surface area contributed by atoms with Crippen LogP contribution in [0.3, 0.4) is 0 Å². The fourth-order valence-electron chi connectivity index (χ4n) is 2.21. The second-order valence-corrected chi connectivity index (χ2v) is 5.73. The lowest BCUT2D eigenvalue weighted by atomic mass is 10.1. The van der Waals surface area contributed by atoms with Crippen LogP contribution in [0.1, 0.15) is 25.0 Å². The highest BCUT2D eigenvalue weighted by atomic mass is 16.5. The van der Waals surface area contributed by atoms with Crippen molar-refractivity contribution >= 4 is 23.6 Å². The van der Waals surface area contributed by atoms with E-state index in [4.69, 9.17) is 9.47 Å². The lowest BCUT2D eigenvalue weighted by Gasteiger charge is -2.12. The van der Waals surface area contributed by atoms with Gasteiger partial charge in [0.15, 0.2) is 6.10 Å². The first-order valence-corrected chi connectivity index (χ1v) is 8.44. The van der Waals surface area contributed by atoms with Crippen molar-refractivity contribution < 1.29 is 19.1 Å². The Morgan fingerprint density at radius 3 is 2.31 bits per heavy atom. The Labute approximate surface area is 153 Å². The van der Waals surface area contributed by atoms with Crippen molar-refractivity contribution in [2.45, 2.75) is 26.4 Å². The molecule has 26 heavy (non-hydrogen) atoms. The number of methoxy groups -OCH3 is 1. The van der Waals surface area contributed by atoms with Crippen molar-refractivity contribution in [3.05, 3.63) is 65.7 Å². The summed E-state index contributed by atoms with van der Waals surface area (Å²) < 4.78 is 10.2. The SMILES string of the molecule is CCc1ccc(NC(=O)C(C)OC(=O)/C=C/c2ccc(OC)cc2)cc1. The molecule has 5 heteroatoms. The molecule has 136 valence electrons. The average Bonchev–Trinajstić information content (AvgIpc) is 2.67. The third kappa shape index (κ3) is 5.77. The fourth-order valence-corrected chi connectivity index (χ4v) is 2.21. The van der Waals surface area contributed by atoms with Gasteiger partial charge in [-0.3, -0.25) is 4.79 Å². The summed E-state index contributed by atoms with van der Waals surface area (Å²) in [6.45, 7) is 3.60. The van der Waals surface area contributed by atoms with Crippen LogP contribution in [-0.4, -0.2) is 25.1 Å². The molecule has 1 amide bonds. The molecule has 0 fully saturated rings. The van der Waals surface area contributed by atoms with Gasteiger partial charge in [0.05, 0.1) is 7.11 Å². The van der Waals surface area contributed by atoms with Gasteiger partial charge in [0.1, 0.15) is 5.75 Å². The minimum atomic E-state index is -0.895. The Bertz CT molecular complexity index is 764. The van der Waals surface area contributed by atoms with Crippen LogP contribution in [-0.2, 0) is 20.7 Å². The van der Waals surface area contributed by atoms with Crippen molar-refractivity contribution in [3.8, 4) is 5.75 Å². The second kappa shape index (κ2) is 9.42. The number of ether oxygens (including phenoxy) is 2. The smallest absolute Gasteiger partial charge is 0.331 e. The predicted octanol–water partition coefficient (Wildman–Crippen LogP) is 3.84. The summed E-state index contributed by atoms with van der Waals surface area (Å²) >= 11 is 0. The van der Waals surface area contributed by atoms with E-state index >= 15 is 0 Å². The number of esters is 1. The molecule has 5 nitrogen and oxygen atoms in total. The van der Waals surface area contributed by atoms with Gasteiger partial charge in [-0.15, -0.1) is 0 Å². The lowest BCUT2D eigenvalue weighted by molar-refractivity contribution is -0.148. The number of anilines is 1. The largest absolute Gasteiger partial charge is 0.497 e. The normalized spacial score (nSPS) is 11.8. The van der Waals surface area contributed by atoms with Crippen LogP contribution < -0.4 is 10.1 Å². The first kappa shape index (κ1) is 19.2. The van der Waals surface area contributed by atoms with E-state index in [1.807, 2.05) is 36.4 Å². The summed E-state index contributed by atoms with van der Waals surface area (Å²) in [5.74, 6) is -0.216. The molecule has 0 saturated heterocycles. The van der Waals surface area contributed by atoms with Crippen molar-refractivity contribution in [1.29, 1.82) is 0 Å². The van der Waals surface area contributed by atoms with Crippen LogP contribution >= 0.6 is 0 Å². The van der Waals surface area contributed by atoms with Crippen LogP contribution in [0.25, 0.3) is 6.08 Å². The maximum absolute atomic E-state index is 12.1. The van der Waals surface area contributed by atoms with Gasteiger partial charge in [-0.05, 0) is 54.8 Å². The highest BCUT2D eigenvalue weighted by molar-refractivity contribution is 5.96. The van der Waals surface area contributed by atoms with Gasteiger partial charge < -0.3 is 14.8 Å². The third-order valence-corrected chi connectivity index (χ3v) is 3.82. The van der Waals surface area contributed by atoms with E-state index in [-0.39, 0.29) is 5.91 Å². The van der Waals surface area contributed by atoms with E-state index in [2.05, 4.69) is 12.2 Å². The molecule has 2 aromatic carbocycles. The molecular weight excluding hydrogens is 330 g/mol. The second-order valence-electron chi connectivity index (χ2n) is 5.73. The van der Waals surface area contributed by atoms with Crippen LogP contribution in [0.4, 0.5) is 5.69 Å². The van der Waals surface area contributed by atoms with Gasteiger partial charge >= 0.3 is 5.97 Å². The maximum atomic E-state index is 12.1. The summed E-state index contributed by atoms with van der Waals surface area (Å²) in [6, 6.07) is 14.8. The van der Waals surface area contributed by atoms with E-state index in [0.29, 0.717) is 5.69 Å². The summed E-state index contributed by atoms with van der Waals surface area (Å²) in [5.41, 5.74) is 2.69. The van der Waals surface area contributed by atoms with Crippen LogP contribution in [0.2, 0.25) is 0 Å². The molecular formula is C21H23NO4. The molecule has 1 N–H and O–H groups in total. The topological polar surface area (TPSA) is 64.6 Å². The maximum Gasteiger partial charge on any atom is 0.331 e. The summed E-state index contributed by atoms with van der Waals surface area (Å²) in [7, 11) is 1.59. The molecule has 0 saturated carbocycles. The molecule has 0 aromatic heterocycles. The Morgan fingerprint density at radius 2 is 1.73 bits per heavy atom. The molecule has 1 unspecified atom stereocenters. The highest BCUT2D eigenvalue weighted by Gasteiger charge is 2.16. The fraction of sp³-hybridized carbons (Fsp3) is 0.238. The van der Waals surface area contributed by atoms with Gasteiger partial charge in [0.25, 0.3) is 5.91 Å². The number of nitrogens with one attached hydrogen (secondary N) is 1. The Balaban J connectivity index is 1.86. The zero-order valence-corrected chi connectivity index (χ0v) is 15.2. The first-order chi connectivity index (χ1) is 12.5. The van der Waals surface area contributed by atoms with E-state index in [0.717, 1.165) is 17.7 Å². The molecule has 0 aliphatic carbocycles. The van der Waals surface area contributed by atoms with Gasteiger partial charge in [0, 0.05) is 11.8 Å². The molecule has 0 radical (unpaired) electrons. The number of carbonyl (C=O) groups is 2. The minimum Gasteiger partial charge on any atom is -0.497 e. The number of hydrogen-bond acceptors (Lipinski definition) is 4. The Hall–Kier alpha value is -3.08. The van der Waals surface area contributed by atoms with Gasteiger partial charge in [0.2, 0.25) is 0 Å². The molecule has 0 aliphatic rings. The number of amides is 1. The minimum absolute atomic E-state index is 0.375. The monoisotopic (exact) mass is 353 g/mol. The summed E-state index contributed by atoms with van der Waals surface area (Å²) in [5, 5.41) is 2.73. The van der Waals surface area contributed by atoms with Gasteiger partial charge in [-0.25, -0.2) is 4.79 Å². The van der Waals surface area contributed by atoms with Gasteiger partial charge in [-0.2, -0.15) is 0 Å². The first-order valence-electron chi connectivity index (χ1n) is 8.44. The number of benzene rings is 2. The van der Waals surface area contributed by atoms with Crippen molar-refractivity contribution in [1.82, 2.24) is 0 Å². The Morgan fingerprint density at radius 1 is 1.08 bits per heavy atom. The van der Waals surface area contributed by atoms with E-state index in [1.54, 1.807) is 25.3 Å². The summed E-state index contributed by atoms with van der Waals surface area (Å²) in [6.07, 6.45) is 2.95. The quantitative estimate of drug-likeness (QED) is 0.607. The summed E-state index contributed by atoms with van der Waals surface area (Å²) in [4.78, 5) is 24.0. The highest BCUT2D eigenvalue weighted by Crippen LogP contribution is 2.13. The molecule has 0 bridgehead atoms. The molecule has 1 atom stereocenters. The van der Waals surface area contributed by atoms with Crippen molar-refractivity contribution in [2.75, 3.05) is 12.4 Å². The number of aryl methyl sites for hydroxylation is 1. The average molecular weight is 353 g/mol. The number of rotatable bonds is 7. The van der Waals surface area contributed by atoms with Crippen molar-refractivity contribution in [3.63, 3.8) is 0 Å². The molecule has 0 aliphatic heterocycles. The molecule has 0 heterocycles. The van der Waals surface area contributed by atoms with E-state index < -0.39 is 12.1 Å². The third-order valence-electron chi connectivity index (χ3n) is 3.82. The standard InChI is InChI=1S/C21H23NO4/c1-4-16-5-10-18(11-6-16)22-21(24)15(2)26-20(23)14-9-17-7-12-19(25-3)13-8-17/h5-15H,4H2,1-3H3,(H,22,24)/b14-9+. The van der Waals surface area contributed by atoms with E-state index in [9.17, 15) is 9.59 Å². The molecule has 2 rings (SSSR count). The van der Waals surface area contributed by atoms with Crippen LogP contribution in [0.5, 0.6) is 5.75 Å². The lowest BCUT2D eigenvalue weighted by Crippen LogP contribution is -2.29. The van der Waals surface area contributed by atoms with Crippen LogP contribution in [0, 0.1) is 0 Å². The number of carbonyl (C=O) groups excluding carboxylic acids is 2. The molecule has 2 aromatic rings. The van der Waals surface area contributed by atoms with Crippen molar-refractivity contribution in [2.24, 2.45) is 0 Å². The zero-order chi connectivity index (χ0) is 18.9. The van der Waals surface area contributed by atoms with Gasteiger partial charge in [-0.1, -0.05) is 31.2 Å². The Kier molecular flexibility index (Phi) is 6.97. The van der Waals surface area contributed by atoms with E-state index in [1.165, 1.54) is 18.6 Å². The zero-order valence-electron chi connectivity index (χ0n) is 15.2.